The van der Waals surface area contributed by atoms with E-state index in [1.165, 1.54) is 32.1 Å². The molecule has 2 aliphatic rings. The summed E-state index contributed by atoms with van der Waals surface area (Å²) in [5.74, 6) is 2.70. The molecule has 74 valence electrons. The van der Waals surface area contributed by atoms with Crippen molar-refractivity contribution in [2.75, 3.05) is 0 Å². The van der Waals surface area contributed by atoms with Crippen molar-refractivity contribution in [3.8, 4) is 0 Å². The molecule has 1 nitrogen and oxygen atoms in total. The molecule has 2 rings (SSSR count). The molecule has 0 aliphatic heterocycles. The minimum absolute atomic E-state index is 0.439. The van der Waals surface area contributed by atoms with Crippen LogP contribution in [-0.4, -0.2) is 5.78 Å². The van der Waals surface area contributed by atoms with Crippen LogP contribution >= 0.6 is 0 Å². The first-order valence-corrected chi connectivity index (χ1v) is 5.78. The second-order valence-corrected chi connectivity index (χ2v) is 5.08. The van der Waals surface area contributed by atoms with E-state index in [-0.39, 0.29) is 0 Å². The van der Waals surface area contributed by atoms with E-state index in [4.69, 9.17) is 0 Å². The van der Waals surface area contributed by atoms with E-state index in [0.717, 1.165) is 24.7 Å². The van der Waals surface area contributed by atoms with E-state index < -0.39 is 0 Å². The number of hydrogen-bond acceptors (Lipinski definition) is 1. The van der Waals surface area contributed by atoms with Crippen molar-refractivity contribution >= 4 is 5.78 Å². The van der Waals surface area contributed by atoms with Crippen molar-refractivity contribution in [2.45, 2.75) is 51.9 Å². The zero-order chi connectivity index (χ0) is 9.26. The van der Waals surface area contributed by atoms with Crippen LogP contribution in [0.3, 0.4) is 0 Å². The Morgan fingerprint density at radius 3 is 2.69 bits per heavy atom. The molecule has 0 heterocycles. The predicted octanol–water partition coefficient (Wildman–Crippen LogP) is 3.18. The molecule has 0 radical (unpaired) electrons. The van der Waals surface area contributed by atoms with Crippen molar-refractivity contribution in [1.82, 2.24) is 0 Å². The average molecular weight is 180 g/mol. The van der Waals surface area contributed by atoms with Crippen molar-refractivity contribution < 1.29 is 4.79 Å². The van der Waals surface area contributed by atoms with Crippen LogP contribution < -0.4 is 0 Å². The maximum absolute atomic E-state index is 11.6. The van der Waals surface area contributed by atoms with Crippen LogP contribution in [-0.2, 0) is 4.79 Å². The van der Waals surface area contributed by atoms with E-state index in [2.05, 4.69) is 6.92 Å². The highest BCUT2D eigenvalue weighted by Crippen LogP contribution is 2.37. The molecule has 2 saturated carbocycles. The van der Waals surface area contributed by atoms with Crippen molar-refractivity contribution in [3.05, 3.63) is 0 Å². The van der Waals surface area contributed by atoms with Crippen molar-refractivity contribution in [3.63, 3.8) is 0 Å². The SMILES string of the molecule is CC1CCC(=O)C(CC2CCC2)C1. The van der Waals surface area contributed by atoms with Crippen molar-refractivity contribution in [2.24, 2.45) is 17.8 Å². The Bertz CT molecular complexity index is 193. The second-order valence-electron chi connectivity index (χ2n) is 5.08. The van der Waals surface area contributed by atoms with E-state index in [0.29, 0.717) is 11.7 Å². The first kappa shape index (κ1) is 9.23. The number of carbonyl (C=O) groups is 1. The third kappa shape index (κ3) is 2.12. The third-order valence-electron chi connectivity index (χ3n) is 3.87. The largest absolute Gasteiger partial charge is 0.299 e. The summed E-state index contributed by atoms with van der Waals surface area (Å²) in [6.45, 7) is 2.29. The summed E-state index contributed by atoms with van der Waals surface area (Å²) >= 11 is 0. The summed E-state index contributed by atoms with van der Waals surface area (Å²) in [4.78, 5) is 11.6. The lowest BCUT2D eigenvalue weighted by Gasteiger charge is -2.32. The maximum atomic E-state index is 11.6. The molecule has 0 aromatic carbocycles. The van der Waals surface area contributed by atoms with Crippen LogP contribution in [0.4, 0.5) is 0 Å². The summed E-state index contributed by atoms with van der Waals surface area (Å²) in [7, 11) is 0. The predicted molar refractivity (Wildman–Crippen MR) is 53.5 cm³/mol. The third-order valence-corrected chi connectivity index (χ3v) is 3.87. The molecule has 2 atom stereocenters. The molecule has 0 aromatic heterocycles. The maximum Gasteiger partial charge on any atom is 0.136 e. The smallest absolute Gasteiger partial charge is 0.136 e. The minimum atomic E-state index is 0.439. The van der Waals surface area contributed by atoms with Crippen LogP contribution in [0, 0.1) is 17.8 Å². The normalized spacial score (nSPS) is 35.9. The Kier molecular flexibility index (Phi) is 2.71. The Hall–Kier alpha value is -0.330. The Labute approximate surface area is 80.9 Å². The number of carbonyl (C=O) groups excluding carboxylic acids is 1. The Morgan fingerprint density at radius 2 is 2.08 bits per heavy atom. The van der Waals surface area contributed by atoms with Crippen molar-refractivity contribution in [1.29, 1.82) is 0 Å². The highest BCUT2D eigenvalue weighted by Gasteiger charge is 2.30. The fourth-order valence-corrected chi connectivity index (χ4v) is 2.69. The summed E-state index contributed by atoms with van der Waals surface area (Å²) in [5, 5.41) is 0. The van der Waals surface area contributed by atoms with E-state index >= 15 is 0 Å². The van der Waals surface area contributed by atoms with Gasteiger partial charge in [-0.05, 0) is 31.1 Å². The lowest BCUT2D eigenvalue weighted by molar-refractivity contribution is -0.126. The average Bonchev–Trinajstić information content (AvgIpc) is 2.03. The zero-order valence-corrected chi connectivity index (χ0v) is 8.59. The highest BCUT2D eigenvalue weighted by atomic mass is 16.1. The van der Waals surface area contributed by atoms with Crippen LogP contribution in [0.2, 0.25) is 0 Å². The van der Waals surface area contributed by atoms with Gasteiger partial charge in [0.1, 0.15) is 5.78 Å². The van der Waals surface area contributed by atoms with E-state index in [9.17, 15) is 4.79 Å². The fourth-order valence-electron chi connectivity index (χ4n) is 2.69. The van der Waals surface area contributed by atoms with Crippen LogP contribution in [0.25, 0.3) is 0 Å². The first-order valence-electron chi connectivity index (χ1n) is 5.78. The number of rotatable bonds is 2. The molecule has 2 aliphatic carbocycles. The molecule has 0 N–H and O–H groups in total. The van der Waals surface area contributed by atoms with Gasteiger partial charge in [-0.3, -0.25) is 4.79 Å². The van der Waals surface area contributed by atoms with E-state index in [1.54, 1.807) is 0 Å². The molecule has 1 heteroatoms. The summed E-state index contributed by atoms with van der Waals surface area (Å²) < 4.78 is 0. The first-order chi connectivity index (χ1) is 6.25. The fraction of sp³-hybridized carbons (Fsp3) is 0.917. The molecular weight excluding hydrogens is 160 g/mol. The number of Topliss-reactive ketones (excluding diaryl/α,β-unsaturated/α-hetero) is 1. The van der Waals surface area contributed by atoms with Gasteiger partial charge in [0.2, 0.25) is 0 Å². The zero-order valence-electron chi connectivity index (χ0n) is 8.59. The second kappa shape index (κ2) is 3.81. The van der Waals surface area contributed by atoms with Gasteiger partial charge >= 0.3 is 0 Å². The lowest BCUT2D eigenvalue weighted by atomic mass is 9.72. The number of hydrogen-bond donors (Lipinski definition) is 0. The van der Waals surface area contributed by atoms with Gasteiger partial charge in [-0.25, -0.2) is 0 Å². The standard InChI is InChI=1S/C12H20O/c1-9-5-6-12(13)11(7-9)8-10-3-2-4-10/h9-11H,2-8H2,1H3. The highest BCUT2D eigenvalue weighted by molar-refractivity contribution is 5.81. The van der Waals surface area contributed by atoms with Crippen LogP contribution in [0.15, 0.2) is 0 Å². The Morgan fingerprint density at radius 1 is 1.31 bits per heavy atom. The summed E-state index contributed by atoms with van der Waals surface area (Å²) in [5.41, 5.74) is 0. The monoisotopic (exact) mass is 180 g/mol. The summed E-state index contributed by atoms with van der Waals surface area (Å²) in [6.07, 6.45) is 8.56. The molecule has 0 amide bonds. The topological polar surface area (TPSA) is 17.1 Å². The quantitative estimate of drug-likeness (QED) is 0.638. The molecule has 0 saturated heterocycles. The molecule has 0 bridgehead atoms. The van der Waals surface area contributed by atoms with Gasteiger partial charge in [-0.15, -0.1) is 0 Å². The Balaban J connectivity index is 1.84. The number of ketones is 1. The molecule has 0 aromatic rings. The van der Waals surface area contributed by atoms with Gasteiger partial charge in [0, 0.05) is 12.3 Å². The lowest BCUT2D eigenvalue weighted by Crippen LogP contribution is -2.27. The minimum Gasteiger partial charge on any atom is -0.299 e. The van der Waals surface area contributed by atoms with Gasteiger partial charge in [0.05, 0.1) is 0 Å². The van der Waals surface area contributed by atoms with Gasteiger partial charge in [-0.2, -0.15) is 0 Å². The molecule has 2 unspecified atom stereocenters. The molecule has 13 heavy (non-hydrogen) atoms. The van der Waals surface area contributed by atoms with Gasteiger partial charge in [0.25, 0.3) is 0 Å². The van der Waals surface area contributed by atoms with Gasteiger partial charge in [-0.1, -0.05) is 26.2 Å². The van der Waals surface area contributed by atoms with Gasteiger partial charge < -0.3 is 0 Å². The molecule has 0 spiro atoms. The molecule has 2 fully saturated rings. The van der Waals surface area contributed by atoms with Crippen LogP contribution in [0.1, 0.15) is 51.9 Å². The van der Waals surface area contributed by atoms with E-state index in [1.807, 2.05) is 0 Å². The molecular formula is C12H20O. The summed E-state index contributed by atoms with van der Waals surface area (Å²) in [6, 6.07) is 0. The van der Waals surface area contributed by atoms with Gasteiger partial charge in [0.15, 0.2) is 0 Å². The van der Waals surface area contributed by atoms with Crippen LogP contribution in [0.5, 0.6) is 0 Å².